The Balaban J connectivity index is 1.96. The molecule has 0 saturated heterocycles. The van der Waals surface area contributed by atoms with E-state index in [1.165, 1.54) is 5.56 Å². The van der Waals surface area contributed by atoms with Crippen LogP contribution in [-0.2, 0) is 13.0 Å². The Morgan fingerprint density at radius 2 is 1.81 bits per heavy atom. The Morgan fingerprint density at radius 1 is 1.10 bits per heavy atom. The molecule has 2 aromatic rings. The molecule has 0 spiro atoms. The second-order valence-corrected chi connectivity index (χ2v) is 5.06. The van der Waals surface area contributed by atoms with Gasteiger partial charge in [-0.05, 0) is 56.3 Å². The summed E-state index contributed by atoms with van der Waals surface area (Å²) in [6.07, 6.45) is 0.926. The average Bonchev–Trinajstić information content (AvgIpc) is 2.49. The first-order valence-corrected chi connectivity index (χ1v) is 6.91. The van der Waals surface area contributed by atoms with Gasteiger partial charge in [-0.1, -0.05) is 12.1 Å². The van der Waals surface area contributed by atoms with Crippen LogP contribution in [0.3, 0.4) is 0 Å². The third-order valence-corrected chi connectivity index (χ3v) is 3.36. The summed E-state index contributed by atoms with van der Waals surface area (Å²) in [6.45, 7) is 2.12. The third kappa shape index (κ3) is 4.53. The average molecular weight is 291 g/mol. The second-order valence-electron chi connectivity index (χ2n) is 5.06. The predicted octanol–water partition coefficient (Wildman–Crippen LogP) is 3.69. The highest BCUT2D eigenvalue weighted by Crippen LogP contribution is 2.17. The highest BCUT2D eigenvalue weighted by molar-refractivity contribution is 5.28. The molecule has 2 nitrogen and oxygen atoms in total. The van der Waals surface area contributed by atoms with Gasteiger partial charge >= 0.3 is 0 Å². The molecule has 1 N–H and O–H groups in total. The molecule has 2 rings (SSSR count). The van der Waals surface area contributed by atoms with Crippen molar-refractivity contribution in [1.82, 2.24) is 5.32 Å². The Labute approximate surface area is 123 Å². The number of hydrogen-bond donors (Lipinski definition) is 1. The minimum atomic E-state index is -0.466. The summed E-state index contributed by atoms with van der Waals surface area (Å²) >= 11 is 0. The van der Waals surface area contributed by atoms with Crippen molar-refractivity contribution in [2.24, 2.45) is 0 Å². The van der Waals surface area contributed by atoms with Crippen LogP contribution in [-0.4, -0.2) is 13.1 Å². The molecule has 0 bridgehead atoms. The minimum absolute atomic E-state index is 0.00978. The van der Waals surface area contributed by atoms with Crippen LogP contribution in [0.5, 0.6) is 5.75 Å². The number of rotatable bonds is 6. The first kappa shape index (κ1) is 15.4. The normalized spacial score (nSPS) is 12.2. The van der Waals surface area contributed by atoms with Crippen molar-refractivity contribution in [3.8, 4) is 5.75 Å². The molecule has 2 aromatic carbocycles. The lowest BCUT2D eigenvalue weighted by molar-refractivity contribution is 0.299. The van der Waals surface area contributed by atoms with Crippen LogP contribution in [0.15, 0.2) is 42.5 Å². The molecule has 0 heterocycles. The quantitative estimate of drug-likeness (QED) is 0.876. The molecular weight excluding hydrogens is 272 g/mol. The maximum Gasteiger partial charge on any atom is 0.130 e. The maximum absolute atomic E-state index is 13.5. The predicted molar refractivity (Wildman–Crippen MR) is 79.4 cm³/mol. The summed E-state index contributed by atoms with van der Waals surface area (Å²) in [7, 11) is 1.93. The van der Waals surface area contributed by atoms with Gasteiger partial charge in [0.2, 0.25) is 0 Å². The van der Waals surface area contributed by atoms with Crippen LogP contribution in [0.1, 0.15) is 18.1 Å². The van der Waals surface area contributed by atoms with Gasteiger partial charge in [-0.3, -0.25) is 0 Å². The fourth-order valence-corrected chi connectivity index (χ4v) is 1.99. The summed E-state index contributed by atoms with van der Waals surface area (Å²) in [5.41, 5.74) is 1.41. The summed E-state index contributed by atoms with van der Waals surface area (Å²) < 4.78 is 32.0. The lowest BCUT2D eigenvalue weighted by atomic mass is 10.1. The summed E-state index contributed by atoms with van der Waals surface area (Å²) in [5, 5.41) is 3.18. The number of likely N-dealkylation sites (N-methyl/N-ethyl adjacent to an activating group) is 1. The van der Waals surface area contributed by atoms with Gasteiger partial charge in [0.05, 0.1) is 0 Å². The van der Waals surface area contributed by atoms with Gasteiger partial charge in [0.1, 0.15) is 24.0 Å². The second kappa shape index (κ2) is 7.18. The van der Waals surface area contributed by atoms with E-state index in [-0.39, 0.29) is 12.2 Å². The molecule has 0 amide bonds. The van der Waals surface area contributed by atoms with Crippen LogP contribution in [0.25, 0.3) is 0 Å². The highest BCUT2D eigenvalue weighted by Gasteiger charge is 2.05. The summed E-state index contributed by atoms with van der Waals surface area (Å²) in [5.74, 6) is -0.290. The summed E-state index contributed by atoms with van der Waals surface area (Å²) in [6, 6.07) is 11.4. The van der Waals surface area contributed by atoms with Crippen LogP contribution < -0.4 is 10.1 Å². The summed E-state index contributed by atoms with van der Waals surface area (Å²) in [4.78, 5) is 0. The Bertz CT molecular complexity index is 584. The third-order valence-electron chi connectivity index (χ3n) is 3.36. The topological polar surface area (TPSA) is 21.3 Å². The van der Waals surface area contributed by atoms with Gasteiger partial charge in [0.25, 0.3) is 0 Å². The molecule has 1 atom stereocenters. The van der Waals surface area contributed by atoms with E-state index >= 15 is 0 Å². The molecule has 0 aliphatic heterocycles. The molecule has 0 aliphatic rings. The zero-order valence-corrected chi connectivity index (χ0v) is 12.2. The van der Waals surface area contributed by atoms with Crippen molar-refractivity contribution in [3.05, 3.63) is 65.2 Å². The van der Waals surface area contributed by atoms with Crippen LogP contribution in [0, 0.1) is 11.6 Å². The lowest BCUT2D eigenvalue weighted by Gasteiger charge is -2.11. The van der Waals surface area contributed by atoms with Crippen molar-refractivity contribution >= 4 is 0 Å². The van der Waals surface area contributed by atoms with Gasteiger partial charge in [0.15, 0.2) is 0 Å². The number of benzene rings is 2. The Hall–Kier alpha value is -1.94. The van der Waals surface area contributed by atoms with Gasteiger partial charge in [0, 0.05) is 11.6 Å². The van der Waals surface area contributed by atoms with E-state index in [9.17, 15) is 8.78 Å². The van der Waals surface area contributed by atoms with E-state index in [1.807, 2.05) is 31.3 Å². The molecule has 21 heavy (non-hydrogen) atoms. The van der Waals surface area contributed by atoms with Crippen molar-refractivity contribution < 1.29 is 13.5 Å². The zero-order chi connectivity index (χ0) is 15.2. The van der Waals surface area contributed by atoms with E-state index in [4.69, 9.17) is 4.74 Å². The monoisotopic (exact) mass is 291 g/mol. The Kier molecular flexibility index (Phi) is 5.28. The van der Waals surface area contributed by atoms with Gasteiger partial charge in [-0.15, -0.1) is 0 Å². The molecule has 0 aromatic heterocycles. The fraction of sp³-hybridized carbons (Fsp3) is 0.294. The van der Waals surface area contributed by atoms with Gasteiger partial charge in [-0.25, -0.2) is 8.78 Å². The van der Waals surface area contributed by atoms with Gasteiger partial charge in [-0.2, -0.15) is 0 Å². The maximum atomic E-state index is 13.5. The first-order valence-electron chi connectivity index (χ1n) is 6.91. The van der Waals surface area contributed by atoms with Crippen molar-refractivity contribution in [2.75, 3.05) is 7.05 Å². The van der Waals surface area contributed by atoms with E-state index in [0.717, 1.165) is 24.6 Å². The number of ether oxygens (including phenoxy) is 1. The van der Waals surface area contributed by atoms with Gasteiger partial charge < -0.3 is 10.1 Å². The number of halogens is 2. The molecular formula is C17H19F2NO. The van der Waals surface area contributed by atoms with Crippen LogP contribution in [0.4, 0.5) is 8.78 Å². The molecule has 0 radical (unpaired) electrons. The fourth-order valence-electron chi connectivity index (χ4n) is 1.99. The smallest absolute Gasteiger partial charge is 0.130 e. The minimum Gasteiger partial charge on any atom is -0.489 e. The van der Waals surface area contributed by atoms with E-state index in [2.05, 4.69) is 12.2 Å². The van der Waals surface area contributed by atoms with E-state index in [0.29, 0.717) is 11.8 Å². The Morgan fingerprint density at radius 3 is 2.48 bits per heavy atom. The number of nitrogens with one attached hydrogen (secondary N) is 1. The molecule has 1 unspecified atom stereocenters. The number of hydrogen-bond acceptors (Lipinski definition) is 2. The standard InChI is InChI=1S/C17H19F2NO/c1-12(20-2)9-13-3-6-16(7-4-13)21-11-14-10-15(18)5-8-17(14)19/h3-8,10,12,20H,9,11H2,1-2H3. The van der Waals surface area contributed by atoms with Crippen molar-refractivity contribution in [3.63, 3.8) is 0 Å². The SMILES string of the molecule is CNC(C)Cc1ccc(OCc2cc(F)ccc2F)cc1. The largest absolute Gasteiger partial charge is 0.489 e. The molecule has 4 heteroatoms. The highest BCUT2D eigenvalue weighted by atomic mass is 19.1. The molecule has 112 valence electrons. The van der Waals surface area contributed by atoms with Crippen molar-refractivity contribution in [1.29, 1.82) is 0 Å². The van der Waals surface area contributed by atoms with Crippen molar-refractivity contribution in [2.45, 2.75) is 26.0 Å². The lowest BCUT2D eigenvalue weighted by Crippen LogP contribution is -2.23. The molecule has 0 aliphatic carbocycles. The van der Waals surface area contributed by atoms with Crippen LogP contribution >= 0.6 is 0 Å². The first-order chi connectivity index (χ1) is 10.1. The zero-order valence-electron chi connectivity index (χ0n) is 12.2. The van der Waals surface area contributed by atoms with E-state index < -0.39 is 11.6 Å². The van der Waals surface area contributed by atoms with Crippen LogP contribution in [0.2, 0.25) is 0 Å². The van der Waals surface area contributed by atoms with E-state index in [1.54, 1.807) is 0 Å². The molecule has 0 saturated carbocycles. The molecule has 0 fully saturated rings.